The van der Waals surface area contributed by atoms with Crippen LogP contribution in [0, 0.1) is 5.92 Å². The van der Waals surface area contributed by atoms with Gasteiger partial charge in [0.1, 0.15) is 0 Å². The molecule has 5 heteroatoms. The van der Waals surface area contributed by atoms with Crippen molar-refractivity contribution in [1.29, 1.82) is 0 Å². The van der Waals surface area contributed by atoms with Gasteiger partial charge in [0.2, 0.25) is 0 Å². The standard InChI is InChI=1S/C21H26N2O3/c1-4-26-21(25)20-14(3)23-18-10-13(2)7-8-19(24)17(18)11-16(20)15-6-5-9-22-12-15/h5-6,9,12-13,16,23H,4,7-8,10-11H2,1-3H3. The van der Waals surface area contributed by atoms with Gasteiger partial charge in [0.05, 0.1) is 12.2 Å². The van der Waals surface area contributed by atoms with Gasteiger partial charge in [0, 0.05) is 41.7 Å². The number of rotatable bonds is 3. The van der Waals surface area contributed by atoms with Crippen molar-refractivity contribution in [3.8, 4) is 0 Å². The highest BCUT2D eigenvalue weighted by Crippen LogP contribution is 2.39. The zero-order valence-corrected chi connectivity index (χ0v) is 15.7. The topological polar surface area (TPSA) is 68.3 Å². The molecule has 0 fully saturated rings. The van der Waals surface area contributed by atoms with Crippen LogP contribution < -0.4 is 5.32 Å². The molecule has 0 amide bonds. The van der Waals surface area contributed by atoms with Gasteiger partial charge in [-0.25, -0.2) is 4.79 Å². The molecule has 2 unspecified atom stereocenters. The fourth-order valence-corrected chi connectivity index (χ4v) is 3.87. The molecule has 0 radical (unpaired) electrons. The number of hydrogen-bond acceptors (Lipinski definition) is 5. The van der Waals surface area contributed by atoms with Crippen molar-refractivity contribution in [2.75, 3.05) is 6.61 Å². The first kappa shape index (κ1) is 18.4. The second-order valence-electron chi connectivity index (χ2n) is 7.16. The summed E-state index contributed by atoms with van der Waals surface area (Å²) in [6, 6.07) is 3.82. The second-order valence-corrected chi connectivity index (χ2v) is 7.16. The van der Waals surface area contributed by atoms with Gasteiger partial charge in [-0.15, -0.1) is 0 Å². The number of allylic oxidation sites excluding steroid dienone is 3. The minimum atomic E-state index is -0.329. The number of nitrogens with one attached hydrogen (secondary N) is 1. The second kappa shape index (κ2) is 7.85. The van der Waals surface area contributed by atoms with E-state index < -0.39 is 0 Å². The third-order valence-electron chi connectivity index (χ3n) is 5.20. The summed E-state index contributed by atoms with van der Waals surface area (Å²) in [6.07, 6.45) is 6.28. The monoisotopic (exact) mass is 354 g/mol. The first-order chi connectivity index (χ1) is 12.5. The lowest BCUT2D eigenvalue weighted by molar-refractivity contribution is -0.139. The largest absolute Gasteiger partial charge is 0.463 e. The third-order valence-corrected chi connectivity index (χ3v) is 5.20. The number of ether oxygens (including phenoxy) is 1. The average molecular weight is 354 g/mol. The molecule has 1 aromatic rings. The maximum atomic E-state index is 12.8. The predicted molar refractivity (Wildman–Crippen MR) is 99.1 cm³/mol. The van der Waals surface area contributed by atoms with Crippen molar-refractivity contribution >= 4 is 11.8 Å². The van der Waals surface area contributed by atoms with Crippen molar-refractivity contribution in [3.63, 3.8) is 0 Å². The lowest BCUT2D eigenvalue weighted by Crippen LogP contribution is -2.20. The van der Waals surface area contributed by atoms with Crippen LogP contribution in [-0.2, 0) is 14.3 Å². The quantitative estimate of drug-likeness (QED) is 0.840. The summed E-state index contributed by atoms with van der Waals surface area (Å²) in [5.74, 6) is 0.0565. The molecule has 1 aliphatic heterocycles. The van der Waals surface area contributed by atoms with Gasteiger partial charge in [-0.2, -0.15) is 0 Å². The molecule has 2 aliphatic rings. The van der Waals surface area contributed by atoms with Crippen molar-refractivity contribution in [2.45, 2.75) is 52.4 Å². The van der Waals surface area contributed by atoms with Crippen LogP contribution in [0.15, 0.2) is 47.1 Å². The Morgan fingerprint density at radius 1 is 1.38 bits per heavy atom. The molecule has 26 heavy (non-hydrogen) atoms. The van der Waals surface area contributed by atoms with Gasteiger partial charge in [-0.3, -0.25) is 9.78 Å². The summed E-state index contributed by atoms with van der Waals surface area (Å²) in [5, 5.41) is 3.39. The van der Waals surface area contributed by atoms with Gasteiger partial charge in [-0.1, -0.05) is 13.0 Å². The highest BCUT2D eigenvalue weighted by Gasteiger charge is 2.34. The average Bonchev–Trinajstić information content (AvgIpc) is 2.84. The smallest absolute Gasteiger partial charge is 0.336 e. The summed E-state index contributed by atoms with van der Waals surface area (Å²) in [5.41, 5.74) is 4.07. The molecule has 2 heterocycles. The zero-order valence-electron chi connectivity index (χ0n) is 15.7. The molecule has 3 rings (SSSR count). The molecule has 0 spiro atoms. The first-order valence-corrected chi connectivity index (χ1v) is 9.31. The summed E-state index contributed by atoms with van der Waals surface area (Å²) >= 11 is 0. The van der Waals surface area contributed by atoms with Gasteiger partial charge in [0.25, 0.3) is 0 Å². The zero-order chi connectivity index (χ0) is 18.7. The van der Waals surface area contributed by atoms with E-state index in [0.29, 0.717) is 30.9 Å². The molecule has 0 saturated carbocycles. The summed E-state index contributed by atoms with van der Waals surface area (Å²) in [6.45, 7) is 6.18. The highest BCUT2D eigenvalue weighted by molar-refractivity contribution is 5.98. The number of hydrogen-bond donors (Lipinski definition) is 1. The Labute approximate surface area is 154 Å². The Morgan fingerprint density at radius 2 is 2.19 bits per heavy atom. The summed E-state index contributed by atoms with van der Waals surface area (Å²) in [4.78, 5) is 29.7. The Bertz CT molecular complexity index is 765. The number of ketones is 1. The predicted octanol–water partition coefficient (Wildman–Crippen LogP) is 3.64. The molecule has 1 N–H and O–H groups in total. The van der Waals surface area contributed by atoms with E-state index in [4.69, 9.17) is 4.74 Å². The van der Waals surface area contributed by atoms with Crippen LogP contribution in [-0.4, -0.2) is 23.3 Å². The lowest BCUT2D eigenvalue weighted by atomic mass is 9.84. The minimum absolute atomic E-state index is 0.184. The van der Waals surface area contributed by atoms with Crippen LogP contribution in [0.3, 0.4) is 0 Å². The van der Waals surface area contributed by atoms with E-state index in [1.807, 2.05) is 19.1 Å². The number of carbonyl (C=O) groups is 2. The van der Waals surface area contributed by atoms with E-state index in [1.165, 1.54) is 0 Å². The van der Waals surface area contributed by atoms with Crippen LogP contribution in [0.25, 0.3) is 0 Å². The molecule has 1 aromatic heterocycles. The van der Waals surface area contributed by atoms with Gasteiger partial charge in [0.15, 0.2) is 5.78 Å². The van der Waals surface area contributed by atoms with E-state index in [2.05, 4.69) is 17.2 Å². The van der Waals surface area contributed by atoms with Crippen LogP contribution in [0.5, 0.6) is 0 Å². The first-order valence-electron chi connectivity index (χ1n) is 9.31. The maximum absolute atomic E-state index is 12.8. The maximum Gasteiger partial charge on any atom is 0.336 e. The molecular weight excluding hydrogens is 328 g/mol. The number of esters is 1. The molecule has 0 aromatic carbocycles. The summed E-state index contributed by atoms with van der Waals surface area (Å²) < 4.78 is 5.32. The number of carbonyl (C=O) groups excluding carboxylic acids is 2. The Kier molecular flexibility index (Phi) is 5.55. The number of Topliss-reactive ketones (excluding diaryl/α,β-unsaturated/α-hetero) is 1. The van der Waals surface area contributed by atoms with Gasteiger partial charge < -0.3 is 10.1 Å². The fourth-order valence-electron chi connectivity index (χ4n) is 3.87. The van der Waals surface area contributed by atoms with Crippen LogP contribution in [0.1, 0.15) is 57.9 Å². The third kappa shape index (κ3) is 3.71. The van der Waals surface area contributed by atoms with Gasteiger partial charge >= 0.3 is 5.97 Å². The normalized spacial score (nSPS) is 23.7. The van der Waals surface area contributed by atoms with E-state index in [0.717, 1.165) is 35.4 Å². The molecular formula is C21H26N2O3. The molecule has 138 valence electrons. The molecule has 0 bridgehead atoms. The minimum Gasteiger partial charge on any atom is -0.463 e. The number of aromatic nitrogens is 1. The van der Waals surface area contributed by atoms with E-state index in [-0.39, 0.29) is 17.7 Å². The Hall–Kier alpha value is -2.43. The Morgan fingerprint density at radius 3 is 2.88 bits per heavy atom. The van der Waals surface area contributed by atoms with Crippen molar-refractivity contribution in [1.82, 2.24) is 10.3 Å². The van der Waals surface area contributed by atoms with Crippen molar-refractivity contribution in [3.05, 3.63) is 52.6 Å². The number of nitrogens with zero attached hydrogens (tertiary/aromatic N) is 1. The van der Waals surface area contributed by atoms with E-state index >= 15 is 0 Å². The van der Waals surface area contributed by atoms with Crippen LogP contribution >= 0.6 is 0 Å². The summed E-state index contributed by atoms with van der Waals surface area (Å²) in [7, 11) is 0. The van der Waals surface area contributed by atoms with E-state index in [9.17, 15) is 9.59 Å². The highest BCUT2D eigenvalue weighted by atomic mass is 16.5. The SMILES string of the molecule is CCOC(=O)C1=C(C)NC2=C(CC1c1cccnc1)C(=O)CCC(C)C2. The molecule has 2 atom stereocenters. The van der Waals surface area contributed by atoms with Crippen LogP contribution in [0.4, 0.5) is 0 Å². The van der Waals surface area contributed by atoms with Crippen LogP contribution in [0.2, 0.25) is 0 Å². The lowest BCUT2D eigenvalue weighted by Gasteiger charge is -2.20. The van der Waals surface area contributed by atoms with E-state index in [1.54, 1.807) is 19.3 Å². The Balaban J connectivity index is 2.09. The molecule has 1 aliphatic carbocycles. The van der Waals surface area contributed by atoms with Gasteiger partial charge in [-0.05, 0) is 50.7 Å². The van der Waals surface area contributed by atoms with Crippen molar-refractivity contribution < 1.29 is 14.3 Å². The molecule has 5 nitrogen and oxygen atoms in total. The van der Waals surface area contributed by atoms with Crippen molar-refractivity contribution in [2.24, 2.45) is 5.92 Å². The fraction of sp³-hybridized carbons (Fsp3) is 0.476. The number of pyridine rings is 1. The molecule has 0 saturated heterocycles.